The molecule has 8 atom stereocenters. The summed E-state index contributed by atoms with van der Waals surface area (Å²) in [4.78, 5) is 37.6. The van der Waals surface area contributed by atoms with Gasteiger partial charge in [0.2, 0.25) is 12.2 Å². The molecule has 0 aliphatic rings. The highest BCUT2D eigenvalue weighted by Crippen LogP contribution is 2.20. The number of carbonyl (C=O) groups is 3. The number of aliphatic hydroxyl groups excluding tert-OH is 5. The monoisotopic (exact) mass is 494 g/mol. The molecule has 0 aliphatic heterocycles. The molecule has 200 valence electrons. The van der Waals surface area contributed by atoms with Crippen LogP contribution in [0.25, 0.3) is 0 Å². The Morgan fingerprint density at radius 2 is 1.21 bits per heavy atom. The van der Waals surface area contributed by atoms with Gasteiger partial charge in [0.15, 0.2) is 0 Å². The maximum absolute atomic E-state index is 12.9. The zero-order valence-electron chi connectivity index (χ0n) is 20.9. The zero-order chi connectivity index (χ0) is 26.6. The Morgan fingerprint density at radius 1 is 0.735 bits per heavy atom. The summed E-state index contributed by atoms with van der Waals surface area (Å²) < 4.78 is 15.7. The van der Waals surface area contributed by atoms with Crippen LogP contribution in [-0.2, 0) is 28.6 Å². The van der Waals surface area contributed by atoms with Gasteiger partial charge in [0, 0.05) is 18.3 Å². The number of esters is 3. The first-order valence-electron chi connectivity index (χ1n) is 11.7. The number of hydrogen-bond donors (Lipinski definition) is 5. The van der Waals surface area contributed by atoms with E-state index in [2.05, 4.69) is 0 Å². The molecule has 0 aliphatic carbocycles. The second-order valence-electron chi connectivity index (χ2n) is 9.07. The fourth-order valence-corrected chi connectivity index (χ4v) is 2.85. The molecule has 11 heteroatoms. The molecule has 0 bridgehead atoms. The zero-order valence-corrected chi connectivity index (χ0v) is 20.9. The van der Waals surface area contributed by atoms with Gasteiger partial charge in [0.1, 0.15) is 31.0 Å². The van der Waals surface area contributed by atoms with Gasteiger partial charge in [-0.05, 0) is 18.8 Å². The molecular weight excluding hydrogens is 452 g/mol. The summed E-state index contributed by atoms with van der Waals surface area (Å²) in [7, 11) is 0. The lowest BCUT2D eigenvalue weighted by atomic mass is 9.99. The van der Waals surface area contributed by atoms with Crippen molar-refractivity contribution in [1.29, 1.82) is 0 Å². The van der Waals surface area contributed by atoms with Crippen LogP contribution in [0.5, 0.6) is 0 Å². The van der Waals surface area contributed by atoms with Crippen LogP contribution in [-0.4, -0.2) is 93.3 Å². The van der Waals surface area contributed by atoms with Crippen LogP contribution in [0.4, 0.5) is 0 Å². The van der Waals surface area contributed by atoms with Crippen LogP contribution >= 0.6 is 0 Å². The number of carbonyl (C=O) groups excluding carboxylic acids is 3. The molecule has 0 aromatic rings. The summed E-state index contributed by atoms with van der Waals surface area (Å²) in [5.74, 6) is -3.26. The molecule has 0 spiro atoms. The minimum atomic E-state index is -1.91. The van der Waals surface area contributed by atoms with Gasteiger partial charge < -0.3 is 39.7 Å². The average molecular weight is 495 g/mol. The number of ether oxygens (including phenoxy) is 3. The van der Waals surface area contributed by atoms with E-state index in [9.17, 15) is 34.8 Å². The fraction of sp³-hybridized carbons (Fsp3) is 0.870. The van der Waals surface area contributed by atoms with Gasteiger partial charge in [-0.2, -0.15) is 0 Å². The Hall–Kier alpha value is -1.79. The lowest BCUT2D eigenvalue weighted by molar-refractivity contribution is -0.187. The van der Waals surface area contributed by atoms with E-state index in [4.69, 9.17) is 19.3 Å². The first-order valence-corrected chi connectivity index (χ1v) is 11.7. The fourth-order valence-electron chi connectivity index (χ4n) is 2.85. The van der Waals surface area contributed by atoms with E-state index < -0.39 is 73.7 Å². The summed E-state index contributed by atoms with van der Waals surface area (Å²) in [6, 6.07) is 0. The predicted octanol–water partition coefficient (Wildman–Crippen LogP) is -0.0726. The smallest absolute Gasteiger partial charge is 0.348 e. The molecule has 0 saturated carbocycles. The van der Waals surface area contributed by atoms with Crippen LogP contribution in [0, 0.1) is 17.8 Å². The van der Waals surface area contributed by atoms with Gasteiger partial charge in [-0.1, -0.05) is 41.5 Å². The molecule has 0 amide bonds. The Bertz CT molecular complexity index is 624. The molecule has 0 aromatic heterocycles. The van der Waals surface area contributed by atoms with Crippen LogP contribution in [0.1, 0.15) is 60.8 Å². The predicted molar refractivity (Wildman–Crippen MR) is 120 cm³/mol. The first kappa shape index (κ1) is 32.2. The van der Waals surface area contributed by atoms with Crippen LogP contribution in [0.3, 0.4) is 0 Å². The van der Waals surface area contributed by atoms with E-state index in [1.807, 2.05) is 20.8 Å². The Labute approximate surface area is 201 Å². The molecule has 0 heterocycles. The second kappa shape index (κ2) is 16.0. The summed E-state index contributed by atoms with van der Waals surface area (Å²) in [5, 5.41) is 47.7. The third kappa shape index (κ3) is 10.6. The Kier molecular flexibility index (Phi) is 15.1. The van der Waals surface area contributed by atoms with Gasteiger partial charge in [-0.15, -0.1) is 0 Å². The number of hydrogen-bond acceptors (Lipinski definition) is 11. The highest BCUT2D eigenvalue weighted by molar-refractivity contribution is 5.83. The van der Waals surface area contributed by atoms with E-state index >= 15 is 0 Å². The minimum Gasteiger partial charge on any atom is -0.460 e. The van der Waals surface area contributed by atoms with Crippen LogP contribution < -0.4 is 0 Å². The van der Waals surface area contributed by atoms with Crippen molar-refractivity contribution in [3.05, 3.63) is 0 Å². The molecule has 0 saturated heterocycles. The summed E-state index contributed by atoms with van der Waals surface area (Å²) >= 11 is 0. The van der Waals surface area contributed by atoms with Crippen molar-refractivity contribution < 1.29 is 54.1 Å². The Morgan fingerprint density at radius 3 is 1.65 bits per heavy atom. The first-order chi connectivity index (χ1) is 15.8. The molecule has 0 rings (SSSR count). The summed E-state index contributed by atoms with van der Waals surface area (Å²) in [5.41, 5.74) is 0. The summed E-state index contributed by atoms with van der Waals surface area (Å²) in [6.07, 6.45) is -8.78. The van der Waals surface area contributed by atoms with E-state index in [1.54, 1.807) is 20.8 Å². The van der Waals surface area contributed by atoms with Gasteiger partial charge in [-0.3, -0.25) is 4.79 Å². The molecule has 8 unspecified atom stereocenters. The van der Waals surface area contributed by atoms with E-state index in [0.29, 0.717) is 12.8 Å². The van der Waals surface area contributed by atoms with Crippen molar-refractivity contribution in [2.75, 3.05) is 13.2 Å². The van der Waals surface area contributed by atoms with Gasteiger partial charge >= 0.3 is 17.9 Å². The quantitative estimate of drug-likeness (QED) is 0.143. The van der Waals surface area contributed by atoms with Crippen molar-refractivity contribution in [1.82, 2.24) is 0 Å². The highest BCUT2D eigenvalue weighted by Gasteiger charge is 2.37. The van der Waals surface area contributed by atoms with Crippen molar-refractivity contribution in [2.45, 2.75) is 97.4 Å². The molecule has 5 N–H and O–H groups in total. The standard InChI is InChI=1S/C23H42O11/c1-7-13(5)20(22(30)32-11-16(26)19(29)18(28)15(25)10-24)34-23(31)21(14(6)8-2)33-17(27)9-12(3)4/h12-16,18-21,24-26,28-29H,7-11H2,1-6H3. The van der Waals surface area contributed by atoms with Gasteiger partial charge in [0.25, 0.3) is 0 Å². The normalized spacial score (nSPS) is 18.7. The lowest BCUT2D eigenvalue weighted by Gasteiger charge is -2.28. The van der Waals surface area contributed by atoms with Crippen molar-refractivity contribution in [3.8, 4) is 0 Å². The van der Waals surface area contributed by atoms with Gasteiger partial charge in [0.05, 0.1) is 6.61 Å². The number of rotatable bonds is 16. The van der Waals surface area contributed by atoms with E-state index in [-0.39, 0.29) is 18.3 Å². The average Bonchev–Trinajstić information content (AvgIpc) is 2.80. The van der Waals surface area contributed by atoms with Crippen molar-refractivity contribution in [2.24, 2.45) is 17.8 Å². The Balaban J connectivity index is 5.33. The molecule has 0 radical (unpaired) electrons. The molecule has 34 heavy (non-hydrogen) atoms. The summed E-state index contributed by atoms with van der Waals surface area (Å²) in [6.45, 7) is 9.00. The van der Waals surface area contributed by atoms with Crippen LogP contribution in [0.2, 0.25) is 0 Å². The molecule has 0 fully saturated rings. The molecule has 11 nitrogen and oxygen atoms in total. The SMILES string of the molecule is CCC(C)C(OC(=O)CC(C)C)C(=O)OC(C(=O)OCC(O)C(O)C(O)C(O)CO)C(C)CC. The molecule has 0 aromatic carbocycles. The van der Waals surface area contributed by atoms with E-state index in [0.717, 1.165) is 0 Å². The maximum atomic E-state index is 12.9. The third-order valence-electron chi connectivity index (χ3n) is 5.58. The second-order valence-corrected chi connectivity index (χ2v) is 9.07. The molecular formula is C23H42O11. The largest absolute Gasteiger partial charge is 0.460 e. The van der Waals surface area contributed by atoms with Gasteiger partial charge in [-0.25, -0.2) is 9.59 Å². The topological polar surface area (TPSA) is 180 Å². The maximum Gasteiger partial charge on any atom is 0.348 e. The van der Waals surface area contributed by atoms with Crippen molar-refractivity contribution >= 4 is 17.9 Å². The van der Waals surface area contributed by atoms with Crippen LogP contribution in [0.15, 0.2) is 0 Å². The lowest BCUT2D eigenvalue weighted by Crippen LogP contribution is -2.48. The third-order valence-corrected chi connectivity index (χ3v) is 5.58. The van der Waals surface area contributed by atoms with E-state index in [1.165, 1.54) is 0 Å². The highest BCUT2D eigenvalue weighted by atomic mass is 16.6. The number of aliphatic hydroxyl groups is 5. The minimum absolute atomic E-state index is 0.0303. The van der Waals surface area contributed by atoms with Crippen molar-refractivity contribution in [3.63, 3.8) is 0 Å².